The second-order valence-electron chi connectivity index (χ2n) is 6.46. The number of carbonyl (C=O) groups is 2. The van der Waals surface area contributed by atoms with Crippen LogP contribution in [0.4, 0.5) is 11.4 Å². The summed E-state index contributed by atoms with van der Waals surface area (Å²) in [6.07, 6.45) is 5.76. The average Bonchev–Trinajstić information content (AvgIpc) is 3.09. The van der Waals surface area contributed by atoms with Crippen LogP contribution in [-0.2, 0) is 4.79 Å². The van der Waals surface area contributed by atoms with Crippen LogP contribution in [0.15, 0.2) is 18.2 Å². The molecule has 0 aliphatic carbocycles. The topological polar surface area (TPSA) is 52.7 Å². The van der Waals surface area contributed by atoms with Crippen molar-refractivity contribution in [2.75, 3.05) is 36.4 Å². The molecule has 5 nitrogen and oxygen atoms in total. The van der Waals surface area contributed by atoms with Crippen molar-refractivity contribution in [3.05, 3.63) is 23.8 Å². The molecular weight excluding hydrogens is 290 g/mol. The Kier molecular flexibility index (Phi) is 4.84. The van der Waals surface area contributed by atoms with E-state index in [0.29, 0.717) is 5.69 Å². The Bertz CT molecular complexity index is 588. The minimum absolute atomic E-state index is 0.0928. The van der Waals surface area contributed by atoms with Crippen molar-refractivity contribution in [1.82, 2.24) is 4.90 Å². The third kappa shape index (κ3) is 3.66. The number of piperidine rings is 1. The maximum absolute atomic E-state index is 12.9. The molecule has 0 spiro atoms. The number of likely N-dealkylation sites (tertiary alicyclic amines) is 1. The van der Waals surface area contributed by atoms with Gasteiger partial charge in [-0.05, 0) is 50.3 Å². The number of benzene rings is 1. The number of anilines is 2. The van der Waals surface area contributed by atoms with E-state index >= 15 is 0 Å². The summed E-state index contributed by atoms with van der Waals surface area (Å²) in [5.74, 6) is -0.0226. The molecule has 23 heavy (non-hydrogen) atoms. The van der Waals surface area contributed by atoms with Gasteiger partial charge in [0.15, 0.2) is 0 Å². The quantitative estimate of drug-likeness (QED) is 0.933. The summed E-state index contributed by atoms with van der Waals surface area (Å²) >= 11 is 0. The van der Waals surface area contributed by atoms with Gasteiger partial charge in [-0.1, -0.05) is 0 Å². The first kappa shape index (κ1) is 15.8. The number of hydrogen-bond donors (Lipinski definition) is 1. The highest BCUT2D eigenvalue weighted by Crippen LogP contribution is 2.29. The molecule has 1 N–H and O–H groups in total. The SMILES string of the molecule is CC(=O)Nc1ccc(N2CCCCC2)c(C(=O)N2CCCC2)c1. The van der Waals surface area contributed by atoms with Gasteiger partial charge in [-0.25, -0.2) is 0 Å². The zero-order valence-corrected chi connectivity index (χ0v) is 13.8. The largest absolute Gasteiger partial charge is 0.371 e. The summed E-state index contributed by atoms with van der Waals surface area (Å²) < 4.78 is 0. The van der Waals surface area contributed by atoms with E-state index < -0.39 is 0 Å². The van der Waals surface area contributed by atoms with E-state index in [1.165, 1.54) is 26.2 Å². The molecule has 0 radical (unpaired) electrons. The Morgan fingerprint density at radius 1 is 0.957 bits per heavy atom. The molecule has 2 amide bonds. The molecular formula is C18H25N3O2. The van der Waals surface area contributed by atoms with Gasteiger partial charge in [0.05, 0.1) is 5.56 Å². The maximum Gasteiger partial charge on any atom is 0.256 e. The van der Waals surface area contributed by atoms with E-state index in [9.17, 15) is 9.59 Å². The Hall–Kier alpha value is -2.04. The molecule has 2 fully saturated rings. The van der Waals surface area contributed by atoms with Crippen LogP contribution >= 0.6 is 0 Å². The number of hydrogen-bond acceptors (Lipinski definition) is 3. The van der Waals surface area contributed by atoms with E-state index in [2.05, 4.69) is 10.2 Å². The first-order valence-electron chi connectivity index (χ1n) is 8.61. The van der Waals surface area contributed by atoms with Crippen LogP contribution in [-0.4, -0.2) is 42.9 Å². The van der Waals surface area contributed by atoms with Gasteiger partial charge in [0.25, 0.3) is 5.91 Å². The fraction of sp³-hybridized carbons (Fsp3) is 0.556. The van der Waals surface area contributed by atoms with Crippen LogP contribution < -0.4 is 10.2 Å². The van der Waals surface area contributed by atoms with Gasteiger partial charge in [0, 0.05) is 44.5 Å². The zero-order chi connectivity index (χ0) is 16.2. The van der Waals surface area contributed by atoms with Crippen LogP contribution in [0.25, 0.3) is 0 Å². The van der Waals surface area contributed by atoms with Gasteiger partial charge in [0.1, 0.15) is 0 Å². The van der Waals surface area contributed by atoms with Crippen molar-refractivity contribution in [3.8, 4) is 0 Å². The first-order valence-corrected chi connectivity index (χ1v) is 8.61. The zero-order valence-electron chi connectivity index (χ0n) is 13.8. The smallest absolute Gasteiger partial charge is 0.256 e. The summed E-state index contributed by atoms with van der Waals surface area (Å²) in [5.41, 5.74) is 2.43. The van der Waals surface area contributed by atoms with E-state index in [0.717, 1.165) is 50.3 Å². The van der Waals surface area contributed by atoms with Gasteiger partial charge < -0.3 is 15.1 Å². The monoisotopic (exact) mass is 315 g/mol. The Labute approximate surface area is 137 Å². The highest BCUT2D eigenvalue weighted by Gasteiger charge is 2.25. The van der Waals surface area contributed by atoms with Crippen molar-refractivity contribution in [1.29, 1.82) is 0 Å². The fourth-order valence-corrected chi connectivity index (χ4v) is 3.49. The van der Waals surface area contributed by atoms with Crippen molar-refractivity contribution in [3.63, 3.8) is 0 Å². The predicted molar refractivity (Wildman–Crippen MR) is 91.9 cm³/mol. The van der Waals surface area contributed by atoms with Crippen molar-refractivity contribution >= 4 is 23.2 Å². The molecule has 0 unspecified atom stereocenters. The van der Waals surface area contributed by atoms with E-state index in [-0.39, 0.29) is 11.8 Å². The highest BCUT2D eigenvalue weighted by molar-refractivity contribution is 6.02. The van der Waals surface area contributed by atoms with Crippen LogP contribution in [0, 0.1) is 0 Å². The molecule has 0 aromatic heterocycles. The predicted octanol–water partition coefficient (Wildman–Crippen LogP) is 2.87. The Morgan fingerprint density at radius 3 is 2.26 bits per heavy atom. The fourth-order valence-electron chi connectivity index (χ4n) is 3.49. The summed E-state index contributed by atoms with van der Waals surface area (Å²) in [6.45, 7) is 5.16. The van der Waals surface area contributed by atoms with Gasteiger partial charge in [-0.2, -0.15) is 0 Å². The van der Waals surface area contributed by atoms with E-state index in [4.69, 9.17) is 0 Å². The number of nitrogens with zero attached hydrogens (tertiary/aromatic N) is 2. The Morgan fingerprint density at radius 2 is 1.61 bits per heavy atom. The summed E-state index contributed by atoms with van der Waals surface area (Å²) in [7, 11) is 0. The number of amides is 2. The minimum atomic E-state index is -0.115. The van der Waals surface area contributed by atoms with Gasteiger partial charge in [-0.15, -0.1) is 0 Å². The Balaban J connectivity index is 1.92. The molecule has 2 saturated heterocycles. The van der Waals surface area contributed by atoms with Crippen LogP contribution in [0.1, 0.15) is 49.4 Å². The summed E-state index contributed by atoms with van der Waals surface area (Å²) in [5, 5.41) is 2.79. The number of nitrogens with one attached hydrogen (secondary N) is 1. The molecule has 1 aromatic rings. The molecule has 0 atom stereocenters. The van der Waals surface area contributed by atoms with E-state index in [1.807, 2.05) is 23.1 Å². The second kappa shape index (κ2) is 7.02. The average molecular weight is 315 g/mol. The second-order valence-corrected chi connectivity index (χ2v) is 6.46. The lowest BCUT2D eigenvalue weighted by molar-refractivity contribution is -0.114. The summed E-state index contributed by atoms with van der Waals surface area (Å²) in [4.78, 5) is 28.5. The van der Waals surface area contributed by atoms with Crippen LogP contribution in [0.3, 0.4) is 0 Å². The number of carbonyl (C=O) groups excluding carboxylic acids is 2. The number of rotatable bonds is 3. The normalized spacial score (nSPS) is 18.1. The molecule has 2 aliphatic heterocycles. The standard InChI is InChI=1S/C18H25N3O2/c1-14(22)19-15-7-8-17(20-9-3-2-4-10-20)16(13-15)18(23)21-11-5-6-12-21/h7-8,13H,2-6,9-12H2,1H3,(H,19,22). The van der Waals surface area contributed by atoms with Crippen LogP contribution in [0.2, 0.25) is 0 Å². The first-order chi connectivity index (χ1) is 11.1. The van der Waals surface area contributed by atoms with Gasteiger partial charge in [0.2, 0.25) is 5.91 Å². The molecule has 124 valence electrons. The summed E-state index contributed by atoms with van der Waals surface area (Å²) in [6, 6.07) is 5.72. The molecule has 0 bridgehead atoms. The molecule has 2 heterocycles. The third-order valence-electron chi connectivity index (χ3n) is 4.64. The lowest BCUT2D eigenvalue weighted by atomic mass is 10.1. The van der Waals surface area contributed by atoms with Crippen molar-refractivity contribution in [2.45, 2.75) is 39.0 Å². The van der Waals surface area contributed by atoms with Gasteiger partial charge >= 0.3 is 0 Å². The molecule has 3 rings (SSSR count). The van der Waals surface area contributed by atoms with Crippen LogP contribution in [0.5, 0.6) is 0 Å². The molecule has 5 heteroatoms. The van der Waals surface area contributed by atoms with Crippen molar-refractivity contribution < 1.29 is 9.59 Å². The minimum Gasteiger partial charge on any atom is -0.371 e. The van der Waals surface area contributed by atoms with E-state index in [1.54, 1.807) is 0 Å². The van der Waals surface area contributed by atoms with Gasteiger partial charge in [-0.3, -0.25) is 9.59 Å². The third-order valence-corrected chi connectivity index (χ3v) is 4.64. The van der Waals surface area contributed by atoms with Crippen molar-refractivity contribution in [2.24, 2.45) is 0 Å². The molecule has 2 aliphatic rings. The lowest BCUT2D eigenvalue weighted by Gasteiger charge is -2.31. The lowest BCUT2D eigenvalue weighted by Crippen LogP contribution is -2.34. The molecule has 1 aromatic carbocycles. The molecule has 0 saturated carbocycles. The highest BCUT2D eigenvalue weighted by atomic mass is 16.2. The maximum atomic E-state index is 12.9.